The van der Waals surface area contributed by atoms with Crippen LogP contribution in [-0.2, 0) is 4.79 Å². The van der Waals surface area contributed by atoms with Gasteiger partial charge in [0.25, 0.3) is 11.8 Å². The Morgan fingerprint density at radius 2 is 1.42 bits per heavy atom. The van der Waals surface area contributed by atoms with Gasteiger partial charge in [-0.1, -0.05) is 50.5 Å². The van der Waals surface area contributed by atoms with Crippen molar-refractivity contribution in [2.24, 2.45) is 0 Å². The minimum absolute atomic E-state index is 0.104. The minimum atomic E-state index is -0.285. The molecule has 0 aliphatic rings. The number of unbranched alkanes of at least 4 members (excludes halogenated alkanes) is 3. The van der Waals surface area contributed by atoms with Crippen LogP contribution in [0.2, 0.25) is 0 Å². The van der Waals surface area contributed by atoms with Crippen molar-refractivity contribution in [3.63, 3.8) is 0 Å². The number of hydrogen-bond donors (Lipinski definition) is 2. The van der Waals surface area contributed by atoms with Gasteiger partial charge in [-0.25, -0.2) is 0 Å². The molecule has 0 spiro atoms. The number of rotatable bonds is 12. The van der Waals surface area contributed by atoms with Gasteiger partial charge in [0.2, 0.25) is 0 Å². The van der Waals surface area contributed by atoms with E-state index in [1.165, 1.54) is 12.8 Å². The van der Waals surface area contributed by atoms with Crippen LogP contribution in [0.25, 0.3) is 0 Å². The van der Waals surface area contributed by atoms with Gasteiger partial charge >= 0.3 is 0 Å². The van der Waals surface area contributed by atoms with E-state index in [-0.39, 0.29) is 18.4 Å². The van der Waals surface area contributed by atoms with Crippen molar-refractivity contribution in [2.45, 2.75) is 32.6 Å². The van der Waals surface area contributed by atoms with Crippen molar-refractivity contribution in [3.8, 4) is 11.5 Å². The highest BCUT2D eigenvalue weighted by molar-refractivity contribution is 6.04. The lowest BCUT2D eigenvalue weighted by atomic mass is 10.2. The second-order valence-electron chi connectivity index (χ2n) is 7.62. The van der Waals surface area contributed by atoms with Gasteiger partial charge in [0.15, 0.2) is 6.61 Å². The third kappa shape index (κ3) is 8.33. The van der Waals surface area contributed by atoms with Crippen LogP contribution >= 0.6 is 0 Å². The Hall–Kier alpha value is -3.80. The SMILES string of the molecule is CCCCCCOc1ccc(C(=O)Nc2cccc(NC(=O)COc3ccccc3)c2)cc1. The van der Waals surface area contributed by atoms with E-state index in [9.17, 15) is 9.59 Å². The van der Waals surface area contributed by atoms with Gasteiger partial charge in [-0.3, -0.25) is 9.59 Å². The van der Waals surface area contributed by atoms with Crippen LogP contribution in [0.5, 0.6) is 11.5 Å². The highest BCUT2D eigenvalue weighted by Gasteiger charge is 2.08. The summed E-state index contributed by atoms with van der Waals surface area (Å²) in [6.07, 6.45) is 4.61. The number of anilines is 2. The molecule has 0 aliphatic heterocycles. The summed E-state index contributed by atoms with van der Waals surface area (Å²) in [7, 11) is 0. The molecule has 0 aromatic heterocycles. The molecule has 0 unspecified atom stereocenters. The maximum atomic E-state index is 12.6. The van der Waals surface area contributed by atoms with Crippen molar-refractivity contribution in [1.82, 2.24) is 0 Å². The fourth-order valence-electron chi connectivity index (χ4n) is 3.16. The molecule has 0 saturated heterocycles. The van der Waals surface area contributed by atoms with Crippen molar-refractivity contribution in [2.75, 3.05) is 23.8 Å². The number of hydrogen-bond acceptors (Lipinski definition) is 4. The molecule has 3 aromatic carbocycles. The monoisotopic (exact) mass is 446 g/mol. The quantitative estimate of drug-likeness (QED) is 0.339. The van der Waals surface area contributed by atoms with E-state index in [0.29, 0.717) is 29.3 Å². The van der Waals surface area contributed by atoms with Gasteiger partial charge in [-0.2, -0.15) is 0 Å². The molecule has 0 saturated carbocycles. The summed E-state index contributed by atoms with van der Waals surface area (Å²) >= 11 is 0. The van der Waals surface area contributed by atoms with E-state index in [2.05, 4.69) is 17.6 Å². The van der Waals surface area contributed by atoms with Crippen LogP contribution in [0.15, 0.2) is 78.9 Å². The second-order valence-corrected chi connectivity index (χ2v) is 7.62. The van der Waals surface area contributed by atoms with E-state index >= 15 is 0 Å². The van der Waals surface area contributed by atoms with Gasteiger partial charge in [-0.05, 0) is 61.0 Å². The Morgan fingerprint density at radius 1 is 0.727 bits per heavy atom. The molecule has 0 bridgehead atoms. The summed E-state index contributed by atoms with van der Waals surface area (Å²) in [5.74, 6) is 0.861. The van der Waals surface area contributed by atoms with E-state index in [4.69, 9.17) is 9.47 Å². The van der Waals surface area contributed by atoms with E-state index < -0.39 is 0 Å². The Balaban J connectivity index is 1.48. The van der Waals surface area contributed by atoms with Crippen molar-refractivity contribution >= 4 is 23.2 Å². The summed E-state index contributed by atoms with van der Waals surface area (Å²) in [6, 6.07) is 23.2. The first-order valence-electron chi connectivity index (χ1n) is 11.3. The molecule has 0 aliphatic carbocycles. The number of nitrogens with one attached hydrogen (secondary N) is 2. The number of carbonyl (C=O) groups is 2. The molecule has 2 amide bonds. The largest absolute Gasteiger partial charge is 0.494 e. The first kappa shape index (κ1) is 23.9. The highest BCUT2D eigenvalue weighted by atomic mass is 16.5. The second kappa shape index (κ2) is 12.9. The van der Waals surface area contributed by atoms with Crippen LogP contribution in [-0.4, -0.2) is 25.0 Å². The van der Waals surface area contributed by atoms with E-state index in [1.807, 2.05) is 18.2 Å². The average Bonchev–Trinajstić information content (AvgIpc) is 2.84. The van der Waals surface area contributed by atoms with Gasteiger partial charge in [0.1, 0.15) is 11.5 Å². The molecular formula is C27H30N2O4. The van der Waals surface area contributed by atoms with Crippen molar-refractivity contribution in [3.05, 3.63) is 84.4 Å². The Labute approximate surface area is 194 Å². The predicted octanol–water partition coefficient (Wildman–Crippen LogP) is 5.92. The molecule has 33 heavy (non-hydrogen) atoms. The van der Waals surface area contributed by atoms with Crippen LogP contribution in [0.4, 0.5) is 11.4 Å². The Kier molecular flexibility index (Phi) is 9.33. The number of carbonyl (C=O) groups excluding carboxylic acids is 2. The van der Waals surface area contributed by atoms with E-state index in [1.54, 1.807) is 60.7 Å². The lowest BCUT2D eigenvalue weighted by molar-refractivity contribution is -0.118. The van der Waals surface area contributed by atoms with Gasteiger partial charge in [0, 0.05) is 16.9 Å². The molecule has 2 N–H and O–H groups in total. The normalized spacial score (nSPS) is 10.3. The first-order chi connectivity index (χ1) is 16.1. The fraction of sp³-hybridized carbons (Fsp3) is 0.259. The maximum absolute atomic E-state index is 12.6. The van der Waals surface area contributed by atoms with Crippen LogP contribution in [0.1, 0.15) is 43.0 Å². The fourth-order valence-corrected chi connectivity index (χ4v) is 3.16. The zero-order chi connectivity index (χ0) is 23.3. The standard InChI is InChI=1S/C27H30N2O4/c1-2-3-4-8-18-32-25-16-14-21(15-17-25)27(31)29-23-11-9-10-22(19-23)28-26(30)20-33-24-12-6-5-7-13-24/h5-7,9-17,19H,2-4,8,18,20H2,1H3,(H,28,30)(H,29,31). The zero-order valence-electron chi connectivity index (χ0n) is 18.9. The summed E-state index contributed by atoms with van der Waals surface area (Å²) in [6.45, 7) is 2.76. The summed E-state index contributed by atoms with van der Waals surface area (Å²) in [5, 5.41) is 5.63. The number of benzene rings is 3. The van der Waals surface area contributed by atoms with Gasteiger partial charge in [-0.15, -0.1) is 0 Å². The molecule has 3 aromatic rings. The highest BCUT2D eigenvalue weighted by Crippen LogP contribution is 2.18. The molecule has 172 valence electrons. The topological polar surface area (TPSA) is 76.7 Å². The number of para-hydroxylation sites is 1. The third-order valence-electron chi connectivity index (χ3n) is 4.90. The number of ether oxygens (including phenoxy) is 2. The van der Waals surface area contributed by atoms with Crippen LogP contribution in [0.3, 0.4) is 0 Å². The van der Waals surface area contributed by atoms with Crippen molar-refractivity contribution < 1.29 is 19.1 Å². The molecule has 0 fully saturated rings. The molecule has 3 rings (SSSR count). The summed E-state index contributed by atoms with van der Waals surface area (Å²) in [4.78, 5) is 24.8. The predicted molar refractivity (Wildman–Crippen MR) is 131 cm³/mol. The average molecular weight is 447 g/mol. The third-order valence-corrected chi connectivity index (χ3v) is 4.90. The molecule has 0 heterocycles. The van der Waals surface area contributed by atoms with Gasteiger partial charge in [0.05, 0.1) is 6.61 Å². The zero-order valence-corrected chi connectivity index (χ0v) is 18.9. The molecule has 0 radical (unpaired) electrons. The minimum Gasteiger partial charge on any atom is -0.494 e. The molecule has 6 nitrogen and oxygen atoms in total. The molecular weight excluding hydrogens is 416 g/mol. The van der Waals surface area contributed by atoms with Crippen LogP contribution < -0.4 is 20.1 Å². The van der Waals surface area contributed by atoms with E-state index in [0.717, 1.165) is 18.6 Å². The first-order valence-corrected chi connectivity index (χ1v) is 11.3. The lowest BCUT2D eigenvalue weighted by Crippen LogP contribution is -2.20. The Bertz CT molecular complexity index is 1020. The molecule has 6 heteroatoms. The molecule has 0 atom stereocenters. The smallest absolute Gasteiger partial charge is 0.262 e. The van der Waals surface area contributed by atoms with Gasteiger partial charge < -0.3 is 20.1 Å². The van der Waals surface area contributed by atoms with Crippen LogP contribution in [0, 0.1) is 0 Å². The summed E-state index contributed by atoms with van der Waals surface area (Å²) < 4.78 is 11.2. The number of amides is 2. The maximum Gasteiger partial charge on any atom is 0.262 e. The summed E-state index contributed by atoms with van der Waals surface area (Å²) in [5.41, 5.74) is 1.68. The lowest BCUT2D eigenvalue weighted by Gasteiger charge is -2.10. The Morgan fingerprint density at radius 3 is 2.15 bits per heavy atom. The van der Waals surface area contributed by atoms with Crippen molar-refractivity contribution in [1.29, 1.82) is 0 Å².